The number of benzene rings is 1. The van der Waals surface area contributed by atoms with Crippen molar-refractivity contribution in [3.05, 3.63) is 48.1 Å². The first-order valence-corrected chi connectivity index (χ1v) is 12.8. The number of rotatable bonds is 7. The first-order valence-electron chi connectivity index (χ1n) is 10.9. The molecule has 1 aliphatic rings. The largest absolute Gasteiger partial charge is 0.334 e. The highest BCUT2D eigenvalue weighted by Gasteiger charge is 2.49. The van der Waals surface area contributed by atoms with Gasteiger partial charge in [0.1, 0.15) is 5.54 Å². The zero-order valence-electron chi connectivity index (χ0n) is 19.1. The molecule has 0 saturated carbocycles. The fourth-order valence-electron chi connectivity index (χ4n) is 4.14. The van der Waals surface area contributed by atoms with Crippen LogP contribution in [0.1, 0.15) is 13.3 Å². The van der Waals surface area contributed by atoms with Crippen molar-refractivity contribution in [3.8, 4) is 17.3 Å². The fourth-order valence-corrected chi connectivity index (χ4v) is 5.58. The van der Waals surface area contributed by atoms with E-state index in [1.807, 2.05) is 29.8 Å². The lowest BCUT2D eigenvalue weighted by Gasteiger charge is -2.47. The van der Waals surface area contributed by atoms with Crippen molar-refractivity contribution < 1.29 is 8.42 Å². The Balaban J connectivity index is 1.42. The summed E-state index contributed by atoms with van der Waals surface area (Å²) >= 11 is 6.41. The maximum atomic E-state index is 12.2. The molecule has 1 saturated heterocycles. The summed E-state index contributed by atoms with van der Waals surface area (Å²) in [6.07, 6.45) is 6.74. The third-order valence-corrected chi connectivity index (χ3v) is 8.23. The van der Waals surface area contributed by atoms with Crippen LogP contribution in [0.4, 0.5) is 11.6 Å². The number of hydrogen-bond acceptors (Lipinski definition) is 8. The molecule has 0 bridgehead atoms. The predicted octanol–water partition coefficient (Wildman–Crippen LogP) is 2.90. The van der Waals surface area contributed by atoms with E-state index in [1.54, 1.807) is 30.3 Å². The number of anilines is 2. The Morgan fingerprint density at radius 2 is 2.06 bits per heavy atom. The summed E-state index contributed by atoms with van der Waals surface area (Å²) < 4.78 is 29.4. The summed E-state index contributed by atoms with van der Waals surface area (Å²) in [6, 6.07) is 7.92. The molecule has 35 heavy (non-hydrogen) atoms. The van der Waals surface area contributed by atoms with Gasteiger partial charge in [0.15, 0.2) is 0 Å². The standard InChI is InChI=1S/C22H22ClN9O2S/c1-3-35(33,34)31-12-22(13-31,6-7-24)32-11-15(9-27-32)20-17(23)10-25-21(29-20)28-16-4-5-18-19(8-16)30(2)14-26-18/h4-5,8-11,14H,3,6,12-13H2,1-2H3,(H,25,28,29). The van der Waals surface area contributed by atoms with Crippen LogP contribution in [0.15, 0.2) is 43.1 Å². The summed E-state index contributed by atoms with van der Waals surface area (Å²) in [6.45, 7) is 1.99. The van der Waals surface area contributed by atoms with E-state index in [0.29, 0.717) is 22.2 Å². The first kappa shape index (κ1) is 23.2. The molecule has 11 nitrogen and oxygen atoms in total. The highest BCUT2D eigenvalue weighted by molar-refractivity contribution is 7.89. The van der Waals surface area contributed by atoms with E-state index in [1.165, 1.54) is 10.5 Å². The summed E-state index contributed by atoms with van der Waals surface area (Å²) in [5.74, 6) is 0.370. The van der Waals surface area contributed by atoms with Crippen molar-refractivity contribution in [2.24, 2.45) is 7.05 Å². The monoisotopic (exact) mass is 511 g/mol. The van der Waals surface area contributed by atoms with Crippen LogP contribution in [-0.2, 0) is 22.6 Å². The molecule has 1 aromatic carbocycles. The van der Waals surface area contributed by atoms with Crippen LogP contribution < -0.4 is 5.32 Å². The van der Waals surface area contributed by atoms with E-state index in [0.717, 1.165) is 16.7 Å². The normalized spacial score (nSPS) is 15.6. The first-order chi connectivity index (χ1) is 16.7. The Labute approximate surface area is 207 Å². The van der Waals surface area contributed by atoms with Crippen molar-refractivity contribution >= 4 is 44.3 Å². The molecule has 4 aromatic rings. The SMILES string of the molecule is CCS(=O)(=O)N1CC(CC#N)(n2cc(-c3nc(Nc4ccc5ncn(C)c5c4)ncc3Cl)cn2)C1. The molecule has 1 N–H and O–H groups in total. The molecule has 180 valence electrons. The molecular weight excluding hydrogens is 490 g/mol. The second kappa shape index (κ2) is 8.60. The molecule has 13 heteroatoms. The van der Waals surface area contributed by atoms with Gasteiger partial charge in [-0.1, -0.05) is 11.6 Å². The van der Waals surface area contributed by atoms with E-state index in [-0.39, 0.29) is 25.3 Å². The summed E-state index contributed by atoms with van der Waals surface area (Å²) in [4.78, 5) is 13.2. The van der Waals surface area contributed by atoms with Crippen LogP contribution in [0.2, 0.25) is 5.02 Å². The van der Waals surface area contributed by atoms with Crippen LogP contribution in [0.3, 0.4) is 0 Å². The number of sulfonamides is 1. The molecular formula is C22H22ClN9O2S. The number of nitrogens with zero attached hydrogens (tertiary/aromatic N) is 8. The minimum absolute atomic E-state index is 0.0137. The number of nitriles is 1. The highest BCUT2D eigenvalue weighted by atomic mass is 35.5. The Bertz CT molecular complexity index is 1570. The van der Waals surface area contributed by atoms with Crippen molar-refractivity contribution in [1.29, 1.82) is 5.26 Å². The molecule has 0 atom stereocenters. The van der Waals surface area contributed by atoms with Gasteiger partial charge in [0.2, 0.25) is 16.0 Å². The Morgan fingerprint density at radius 1 is 1.26 bits per heavy atom. The summed E-state index contributed by atoms with van der Waals surface area (Å²) in [5, 5.41) is 17.3. The second-order valence-electron chi connectivity index (χ2n) is 8.48. The number of hydrogen-bond donors (Lipinski definition) is 1. The zero-order chi connectivity index (χ0) is 24.8. The topological polar surface area (TPSA) is 135 Å². The number of nitrogens with one attached hydrogen (secondary N) is 1. The van der Waals surface area contributed by atoms with Gasteiger partial charge in [-0.2, -0.15) is 14.7 Å². The van der Waals surface area contributed by atoms with Gasteiger partial charge in [-0.15, -0.1) is 0 Å². The van der Waals surface area contributed by atoms with Gasteiger partial charge in [-0.3, -0.25) is 4.68 Å². The molecule has 1 aliphatic heterocycles. The number of imidazole rings is 1. The van der Waals surface area contributed by atoms with E-state index >= 15 is 0 Å². The zero-order valence-corrected chi connectivity index (χ0v) is 20.6. The minimum Gasteiger partial charge on any atom is -0.334 e. The van der Waals surface area contributed by atoms with Gasteiger partial charge >= 0.3 is 0 Å². The average molecular weight is 512 g/mol. The lowest BCUT2D eigenvalue weighted by molar-refractivity contribution is 0.0719. The molecule has 4 heterocycles. The van der Waals surface area contributed by atoms with Crippen molar-refractivity contribution in [2.45, 2.75) is 18.9 Å². The third-order valence-electron chi connectivity index (χ3n) is 6.18. The van der Waals surface area contributed by atoms with Crippen LogP contribution in [0.5, 0.6) is 0 Å². The smallest absolute Gasteiger partial charge is 0.227 e. The third kappa shape index (κ3) is 4.12. The van der Waals surface area contributed by atoms with E-state index in [9.17, 15) is 13.7 Å². The average Bonchev–Trinajstić information content (AvgIpc) is 3.45. The molecule has 1 fully saturated rings. The van der Waals surface area contributed by atoms with E-state index in [4.69, 9.17) is 11.6 Å². The maximum absolute atomic E-state index is 12.2. The minimum atomic E-state index is -3.33. The second-order valence-corrected chi connectivity index (χ2v) is 11.1. The van der Waals surface area contributed by atoms with Crippen LogP contribution in [0, 0.1) is 11.3 Å². The van der Waals surface area contributed by atoms with Gasteiger partial charge in [0, 0.05) is 37.6 Å². The fraction of sp³-hybridized carbons (Fsp3) is 0.318. The quantitative estimate of drug-likeness (QED) is 0.400. The Hall–Kier alpha value is -3.53. The Kier molecular flexibility index (Phi) is 5.71. The number of fused-ring (bicyclic) bond motifs is 1. The number of aryl methyl sites for hydroxylation is 1. The molecule has 0 amide bonds. The summed E-state index contributed by atoms with van der Waals surface area (Å²) in [5.41, 5.74) is 3.03. The van der Waals surface area contributed by atoms with Gasteiger partial charge in [-0.25, -0.2) is 23.4 Å². The van der Waals surface area contributed by atoms with Crippen LogP contribution >= 0.6 is 11.6 Å². The van der Waals surface area contributed by atoms with Gasteiger partial charge in [0.25, 0.3) is 0 Å². The lowest BCUT2D eigenvalue weighted by Crippen LogP contribution is -2.64. The molecule has 0 spiro atoms. The molecule has 3 aromatic heterocycles. The van der Waals surface area contributed by atoms with Gasteiger partial charge in [-0.05, 0) is 25.1 Å². The number of halogens is 1. The molecule has 5 rings (SSSR count). The van der Waals surface area contributed by atoms with E-state index < -0.39 is 15.6 Å². The predicted molar refractivity (Wildman–Crippen MR) is 131 cm³/mol. The van der Waals surface area contributed by atoms with E-state index in [2.05, 4.69) is 31.4 Å². The maximum Gasteiger partial charge on any atom is 0.227 e. The highest BCUT2D eigenvalue weighted by Crippen LogP contribution is 2.36. The van der Waals surface area contributed by atoms with Gasteiger partial charge in [0.05, 0.1) is 58.7 Å². The molecule has 0 aliphatic carbocycles. The van der Waals surface area contributed by atoms with Crippen molar-refractivity contribution in [3.63, 3.8) is 0 Å². The van der Waals surface area contributed by atoms with Crippen LogP contribution in [-0.4, -0.2) is 60.9 Å². The molecule has 0 unspecified atom stereocenters. The Morgan fingerprint density at radius 3 is 2.80 bits per heavy atom. The number of aromatic nitrogens is 6. The van der Waals surface area contributed by atoms with Crippen molar-refractivity contribution in [2.75, 3.05) is 24.2 Å². The van der Waals surface area contributed by atoms with Crippen molar-refractivity contribution in [1.82, 2.24) is 33.6 Å². The summed E-state index contributed by atoms with van der Waals surface area (Å²) in [7, 11) is -1.41. The van der Waals surface area contributed by atoms with Crippen LogP contribution in [0.25, 0.3) is 22.3 Å². The molecule has 0 radical (unpaired) electrons. The lowest BCUT2D eigenvalue weighted by atomic mass is 9.89. The van der Waals surface area contributed by atoms with Gasteiger partial charge < -0.3 is 9.88 Å².